The second-order valence-corrected chi connectivity index (χ2v) is 5.45. The minimum absolute atomic E-state index is 0.0156. The molecule has 1 aliphatic rings. The van der Waals surface area contributed by atoms with Crippen LogP contribution in [0.4, 0.5) is 11.7 Å². The maximum atomic E-state index is 5.54. The van der Waals surface area contributed by atoms with Crippen LogP contribution in [0, 0.1) is 5.41 Å². The molecule has 0 aromatic carbocycles. The van der Waals surface area contributed by atoms with Crippen molar-refractivity contribution in [1.29, 1.82) is 0 Å². The fourth-order valence-corrected chi connectivity index (χ4v) is 2.39. The topological polar surface area (TPSA) is 111 Å². The van der Waals surface area contributed by atoms with Crippen LogP contribution in [-0.4, -0.2) is 28.4 Å². The van der Waals surface area contributed by atoms with Crippen molar-refractivity contribution in [2.75, 3.05) is 18.2 Å². The van der Waals surface area contributed by atoms with Crippen molar-refractivity contribution in [1.82, 2.24) is 15.1 Å². The molecule has 0 bridgehead atoms. The third kappa shape index (κ3) is 2.75. The van der Waals surface area contributed by atoms with Crippen LogP contribution in [0.25, 0.3) is 11.4 Å². The van der Waals surface area contributed by atoms with Gasteiger partial charge in [0.2, 0.25) is 5.82 Å². The average molecular weight is 314 g/mol. The molecule has 3 heterocycles. The quantitative estimate of drug-likeness (QED) is 0.871. The van der Waals surface area contributed by atoms with Crippen LogP contribution in [0.2, 0.25) is 0 Å². The Kier molecular flexibility index (Phi) is 3.73. The molecule has 3 N–H and O–H groups in total. The van der Waals surface area contributed by atoms with Gasteiger partial charge in [0.25, 0.3) is 0 Å². The van der Waals surface area contributed by atoms with E-state index in [2.05, 4.69) is 39.3 Å². The van der Waals surface area contributed by atoms with E-state index in [1.165, 1.54) is 0 Å². The highest BCUT2D eigenvalue weighted by Gasteiger charge is 2.34. The Bertz CT molecular complexity index is 782. The summed E-state index contributed by atoms with van der Waals surface area (Å²) in [5, 5.41) is 7.01. The zero-order chi connectivity index (χ0) is 16.4. The normalized spacial score (nSPS) is 20.1. The zero-order valence-corrected chi connectivity index (χ0v) is 13.2. The van der Waals surface area contributed by atoms with E-state index in [4.69, 9.17) is 15.0 Å². The first-order valence-corrected chi connectivity index (χ1v) is 7.21. The zero-order valence-electron chi connectivity index (χ0n) is 13.2. The number of ether oxygens (including phenoxy) is 1. The van der Waals surface area contributed by atoms with Crippen LogP contribution in [0.5, 0.6) is 0 Å². The number of rotatable bonds is 5. The number of allylic oxidation sites excluding steroid dienone is 1. The highest BCUT2D eigenvalue weighted by molar-refractivity contribution is 5.76. The molecule has 2 aromatic rings. The molecule has 23 heavy (non-hydrogen) atoms. The number of aromatic nitrogens is 3. The monoisotopic (exact) mass is 314 g/mol. The van der Waals surface area contributed by atoms with Crippen molar-refractivity contribution >= 4 is 17.9 Å². The smallest absolute Gasteiger partial charge is 0.319 e. The molecule has 2 aromatic heterocycles. The minimum atomic E-state index is -0.204. The lowest BCUT2D eigenvalue weighted by molar-refractivity contribution is 0.222. The summed E-state index contributed by atoms with van der Waals surface area (Å²) >= 11 is 0. The number of nitrogens with two attached hydrogens (primary N) is 1. The fraction of sp³-hybridized carbons (Fsp3) is 0.333. The van der Waals surface area contributed by atoms with Crippen molar-refractivity contribution in [3.63, 3.8) is 0 Å². The van der Waals surface area contributed by atoms with Crippen LogP contribution >= 0.6 is 0 Å². The molecular weight excluding hydrogens is 296 g/mol. The summed E-state index contributed by atoms with van der Waals surface area (Å²) in [6.07, 6.45) is 6.11. The second kappa shape index (κ2) is 5.71. The number of hydrogen-bond donors (Lipinski definition) is 2. The molecule has 1 atom stereocenters. The van der Waals surface area contributed by atoms with Crippen molar-refractivity contribution in [3.8, 4) is 11.4 Å². The molecule has 0 saturated carbocycles. The van der Waals surface area contributed by atoms with Crippen LogP contribution in [0.15, 0.2) is 39.6 Å². The molecule has 0 aliphatic carbocycles. The number of nitrogens with zero attached hydrogens (tertiary/aromatic N) is 4. The van der Waals surface area contributed by atoms with Gasteiger partial charge in [0.15, 0.2) is 5.82 Å². The minimum Gasteiger partial charge on any atom is -0.496 e. The van der Waals surface area contributed by atoms with Gasteiger partial charge in [0.05, 0.1) is 24.4 Å². The first-order chi connectivity index (χ1) is 11.1. The fourth-order valence-electron chi connectivity index (χ4n) is 2.39. The van der Waals surface area contributed by atoms with E-state index in [0.717, 1.165) is 17.9 Å². The van der Waals surface area contributed by atoms with Crippen molar-refractivity contribution in [3.05, 3.63) is 30.0 Å². The van der Waals surface area contributed by atoms with Crippen molar-refractivity contribution in [2.24, 2.45) is 10.4 Å². The Morgan fingerprint density at radius 3 is 2.87 bits per heavy atom. The predicted molar refractivity (Wildman–Crippen MR) is 86.5 cm³/mol. The third-order valence-electron chi connectivity index (χ3n) is 3.85. The molecule has 0 saturated heterocycles. The van der Waals surface area contributed by atoms with Gasteiger partial charge in [0, 0.05) is 18.0 Å². The molecule has 8 heteroatoms. The van der Waals surface area contributed by atoms with Gasteiger partial charge in [-0.3, -0.25) is 4.98 Å². The first-order valence-electron chi connectivity index (χ1n) is 7.21. The highest BCUT2D eigenvalue weighted by Crippen LogP contribution is 2.37. The van der Waals surface area contributed by atoms with Gasteiger partial charge < -0.3 is 20.3 Å². The number of anilines is 2. The van der Waals surface area contributed by atoms with Gasteiger partial charge in [-0.15, -0.1) is 0 Å². The van der Waals surface area contributed by atoms with Gasteiger partial charge in [-0.1, -0.05) is 12.1 Å². The second-order valence-electron chi connectivity index (χ2n) is 5.45. The Morgan fingerprint density at radius 1 is 1.39 bits per heavy atom. The maximum Gasteiger partial charge on any atom is 0.319 e. The molecule has 0 spiro atoms. The lowest BCUT2D eigenvalue weighted by Gasteiger charge is -2.22. The van der Waals surface area contributed by atoms with Crippen LogP contribution in [0.1, 0.15) is 20.3 Å². The van der Waals surface area contributed by atoms with Crippen LogP contribution in [-0.2, 0) is 4.74 Å². The molecule has 3 rings (SSSR count). The Labute approximate surface area is 133 Å². The summed E-state index contributed by atoms with van der Waals surface area (Å²) in [5.41, 5.74) is 6.68. The Hall–Kier alpha value is -2.90. The van der Waals surface area contributed by atoms with Gasteiger partial charge in [-0.2, -0.15) is 4.98 Å². The number of methoxy groups -OCH3 is 1. The largest absolute Gasteiger partial charge is 0.496 e. The lowest BCUT2D eigenvalue weighted by atomic mass is 9.88. The molecule has 1 unspecified atom stereocenters. The summed E-state index contributed by atoms with van der Waals surface area (Å²) < 4.78 is 10.3. The number of nitrogen functional groups attached to an aromatic ring is 1. The molecule has 1 aliphatic heterocycles. The highest BCUT2D eigenvalue weighted by atomic mass is 16.5. The standard InChI is InChI=1S/C15H18N6O2/c1-4-15(2)8-18-13(11(15)22-3)19-10-5-9(6-17-7-10)12-20-14(16)23-21-12/h5-8,19H,4H2,1-3H3,(H2,16,20,21). The van der Waals surface area contributed by atoms with Crippen LogP contribution in [0.3, 0.4) is 0 Å². The van der Waals surface area contributed by atoms with E-state index < -0.39 is 0 Å². The first kappa shape index (κ1) is 15.0. The molecule has 8 nitrogen and oxygen atoms in total. The number of nitrogens with one attached hydrogen (secondary N) is 1. The summed E-state index contributed by atoms with van der Waals surface area (Å²) in [4.78, 5) is 12.6. The van der Waals surface area contributed by atoms with E-state index in [0.29, 0.717) is 17.2 Å². The number of hydrogen-bond acceptors (Lipinski definition) is 8. The van der Waals surface area contributed by atoms with Gasteiger partial charge in [-0.05, 0) is 19.4 Å². The summed E-state index contributed by atoms with van der Waals surface area (Å²) in [6, 6.07) is 1.86. The lowest BCUT2D eigenvalue weighted by Crippen LogP contribution is -2.19. The van der Waals surface area contributed by atoms with E-state index in [-0.39, 0.29) is 11.4 Å². The van der Waals surface area contributed by atoms with Gasteiger partial charge in [0.1, 0.15) is 5.76 Å². The average Bonchev–Trinajstić information content (AvgIpc) is 3.12. The van der Waals surface area contributed by atoms with Crippen molar-refractivity contribution < 1.29 is 9.26 Å². The molecule has 120 valence electrons. The van der Waals surface area contributed by atoms with E-state index in [1.54, 1.807) is 19.5 Å². The maximum absolute atomic E-state index is 5.54. The summed E-state index contributed by atoms with van der Waals surface area (Å²) in [6.45, 7) is 4.18. The molecule has 0 amide bonds. The third-order valence-corrected chi connectivity index (χ3v) is 3.85. The summed E-state index contributed by atoms with van der Waals surface area (Å²) in [7, 11) is 1.65. The molecular formula is C15H18N6O2. The molecule has 0 radical (unpaired) electrons. The SMILES string of the molecule is CCC1(C)C=NC(Nc2cncc(-c3noc(N)n3)c2)=C1OC. The van der Waals surface area contributed by atoms with Gasteiger partial charge in [-0.25, -0.2) is 4.99 Å². The Morgan fingerprint density at radius 2 is 2.22 bits per heavy atom. The predicted octanol–water partition coefficient (Wildman–Crippen LogP) is 2.44. The van der Waals surface area contributed by atoms with E-state index >= 15 is 0 Å². The number of aliphatic imine (C=N–C) groups is 1. The molecule has 0 fully saturated rings. The Balaban J connectivity index is 1.89. The summed E-state index contributed by atoms with van der Waals surface area (Å²) in [5.74, 6) is 1.85. The van der Waals surface area contributed by atoms with Gasteiger partial charge >= 0.3 is 6.01 Å². The van der Waals surface area contributed by atoms with E-state index in [1.807, 2.05) is 12.3 Å². The number of pyridine rings is 1. The van der Waals surface area contributed by atoms with E-state index in [9.17, 15) is 0 Å². The van der Waals surface area contributed by atoms with Crippen LogP contribution < -0.4 is 11.1 Å². The van der Waals surface area contributed by atoms with Crippen molar-refractivity contribution in [2.45, 2.75) is 20.3 Å².